The van der Waals surface area contributed by atoms with Crippen LogP contribution in [-0.2, 0) is 22.9 Å². The van der Waals surface area contributed by atoms with Crippen LogP contribution in [0.4, 0.5) is 5.82 Å². The molecule has 0 aliphatic carbocycles. The zero-order valence-corrected chi connectivity index (χ0v) is 19.4. The van der Waals surface area contributed by atoms with Crippen LogP contribution < -0.4 is 5.30 Å². The molecule has 2 aromatic rings. The molecule has 0 saturated carbocycles. The van der Waals surface area contributed by atoms with Gasteiger partial charge in [-0.15, -0.1) is 0 Å². The molecule has 142 valence electrons. The minimum absolute atomic E-state index is 0.372. The van der Waals surface area contributed by atoms with E-state index in [0.717, 1.165) is 39.0 Å². The number of benzene rings is 1. The maximum atomic E-state index is 8.99. The first-order chi connectivity index (χ1) is 12.9. The van der Waals surface area contributed by atoms with Crippen LogP contribution in [0.3, 0.4) is 0 Å². The smallest absolute Gasteiger partial charge is 0.227 e. The number of halogens is 1. The van der Waals surface area contributed by atoms with Gasteiger partial charge in [-0.2, -0.15) is 15.4 Å². The highest BCUT2D eigenvalue weighted by molar-refractivity contribution is 14.1. The molecular formula is C18H21IN5OPS. The van der Waals surface area contributed by atoms with Gasteiger partial charge in [0.05, 0.1) is 24.7 Å². The molecule has 0 amide bonds. The Morgan fingerprint density at radius 1 is 1.30 bits per heavy atom. The molecule has 27 heavy (non-hydrogen) atoms. The van der Waals surface area contributed by atoms with Crippen molar-refractivity contribution >= 4 is 57.8 Å². The highest BCUT2D eigenvalue weighted by Crippen LogP contribution is 2.55. The molecule has 0 saturated heterocycles. The van der Waals surface area contributed by atoms with Gasteiger partial charge in [0.2, 0.25) is 12.3 Å². The summed E-state index contributed by atoms with van der Waals surface area (Å²) in [5, 5.41) is 14.5. The second-order valence-electron chi connectivity index (χ2n) is 6.06. The Balaban J connectivity index is 2.20. The number of aliphatic imine (C=N–C) groups is 1. The molecule has 1 atom stereocenters. The van der Waals surface area contributed by atoms with E-state index in [1.807, 2.05) is 31.2 Å². The fraction of sp³-hybridized carbons (Fsp3) is 0.389. The first-order valence-electron chi connectivity index (χ1n) is 8.79. The van der Waals surface area contributed by atoms with Crippen molar-refractivity contribution in [1.82, 2.24) is 14.5 Å². The van der Waals surface area contributed by atoms with E-state index in [2.05, 4.69) is 52.3 Å². The van der Waals surface area contributed by atoms with Gasteiger partial charge in [0.25, 0.3) is 0 Å². The topological polar surface area (TPSA) is 66.4 Å². The van der Waals surface area contributed by atoms with E-state index in [9.17, 15) is 0 Å². The summed E-state index contributed by atoms with van der Waals surface area (Å²) in [7, 11) is 0. The van der Waals surface area contributed by atoms with E-state index in [0.29, 0.717) is 18.9 Å². The molecule has 1 aliphatic rings. The second kappa shape index (κ2) is 8.39. The molecule has 0 bridgehead atoms. The fourth-order valence-corrected chi connectivity index (χ4v) is 7.49. The van der Waals surface area contributed by atoms with Crippen molar-refractivity contribution in [3.05, 3.63) is 39.1 Å². The molecule has 0 N–H and O–H groups in total. The molecule has 6 nitrogen and oxygen atoms in total. The molecule has 2 heterocycles. The predicted molar refractivity (Wildman–Crippen MR) is 120 cm³/mol. The SMILES string of the molecule is CCN(CC)P1(=S)OC(c2ccc(I)cc2)=Nc2c1c(C)nn2CCC#N. The lowest BCUT2D eigenvalue weighted by molar-refractivity contribution is 0.447. The first kappa shape index (κ1) is 20.5. The van der Waals surface area contributed by atoms with Crippen LogP contribution in [0.5, 0.6) is 0 Å². The molecular weight excluding hydrogens is 492 g/mol. The summed E-state index contributed by atoms with van der Waals surface area (Å²) in [5.74, 6) is 1.27. The Hall–Kier alpha value is -1.27. The largest absolute Gasteiger partial charge is 0.431 e. The Labute approximate surface area is 178 Å². The summed E-state index contributed by atoms with van der Waals surface area (Å²) < 4.78 is 11.6. The van der Waals surface area contributed by atoms with Gasteiger partial charge in [-0.1, -0.05) is 13.8 Å². The number of hydrogen-bond acceptors (Lipinski definition) is 5. The number of aryl methyl sites for hydroxylation is 2. The number of nitrogens with zero attached hydrogens (tertiary/aromatic N) is 5. The maximum absolute atomic E-state index is 8.99. The molecule has 9 heteroatoms. The molecule has 1 aromatic carbocycles. The summed E-state index contributed by atoms with van der Waals surface area (Å²) in [4.78, 5) is 4.78. The van der Waals surface area contributed by atoms with Gasteiger partial charge in [-0.25, -0.2) is 9.35 Å². The van der Waals surface area contributed by atoms with Crippen LogP contribution in [-0.4, -0.2) is 33.4 Å². The lowest BCUT2D eigenvalue weighted by Gasteiger charge is -2.35. The molecule has 3 rings (SSSR count). The minimum Gasteiger partial charge on any atom is -0.431 e. The Kier molecular flexibility index (Phi) is 6.36. The number of aromatic nitrogens is 2. The second-order valence-corrected chi connectivity index (χ2v) is 11.0. The zero-order valence-electron chi connectivity index (χ0n) is 15.5. The fourth-order valence-electron chi connectivity index (χ4n) is 3.10. The van der Waals surface area contributed by atoms with Crippen molar-refractivity contribution in [2.24, 2.45) is 4.99 Å². The lowest BCUT2D eigenvalue weighted by atomic mass is 10.2. The van der Waals surface area contributed by atoms with Gasteiger partial charge in [0.15, 0.2) is 5.82 Å². The van der Waals surface area contributed by atoms with Gasteiger partial charge >= 0.3 is 0 Å². The average Bonchev–Trinajstić information content (AvgIpc) is 2.98. The third-order valence-electron chi connectivity index (χ3n) is 4.40. The van der Waals surface area contributed by atoms with E-state index in [-0.39, 0.29) is 0 Å². The third kappa shape index (κ3) is 3.83. The quantitative estimate of drug-likeness (QED) is 0.430. The number of fused-ring (bicyclic) bond motifs is 1. The lowest BCUT2D eigenvalue weighted by Crippen LogP contribution is -2.32. The van der Waals surface area contributed by atoms with Gasteiger partial charge in [-0.05, 0) is 65.6 Å². The van der Waals surface area contributed by atoms with Crippen molar-refractivity contribution in [2.75, 3.05) is 13.1 Å². The molecule has 0 fully saturated rings. The van der Waals surface area contributed by atoms with Gasteiger partial charge < -0.3 is 4.52 Å². The van der Waals surface area contributed by atoms with Crippen molar-refractivity contribution in [3.63, 3.8) is 0 Å². The number of nitriles is 1. The average molecular weight is 513 g/mol. The van der Waals surface area contributed by atoms with Crippen LogP contribution in [0.25, 0.3) is 0 Å². The molecule has 1 aromatic heterocycles. The van der Waals surface area contributed by atoms with Crippen molar-refractivity contribution in [1.29, 1.82) is 5.26 Å². The van der Waals surface area contributed by atoms with E-state index < -0.39 is 6.42 Å². The molecule has 0 radical (unpaired) electrons. The Morgan fingerprint density at radius 2 is 1.96 bits per heavy atom. The first-order valence-corrected chi connectivity index (χ1v) is 12.5. The van der Waals surface area contributed by atoms with Crippen LogP contribution >= 0.6 is 29.0 Å². The van der Waals surface area contributed by atoms with E-state index in [1.54, 1.807) is 4.68 Å². The van der Waals surface area contributed by atoms with Crippen molar-refractivity contribution in [2.45, 2.75) is 33.7 Å². The molecule has 0 spiro atoms. The summed E-state index contributed by atoms with van der Waals surface area (Å²) in [6.45, 7) is 8.19. The van der Waals surface area contributed by atoms with Crippen LogP contribution in [0, 0.1) is 21.8 Å². The Morgan fingerprint density at radius 3 is 2.56 bits per heavy atom. The van der Waals surface area contributed by atoms with Crippen molar-refractivity contribution in [3.8, 4) is 6.07 Å². The van der Waals surface area contributed by atoms with Gasteiger partial charge in [0.1, 0.15) is 5.30 Å². The normalized spacial score (nSPS) is 18.6. The Bertz CT molecular complexity index is 959. The summed E-state index contributed by atoms with van der Waals surface area (Å²) in [6.07, 6.45) is -2.16. The van der Waals surface area contributed by atoms with Gasteiger partial charge in [0, 0.05) is 22.2 Å². The molecule has 1 unspecified atom stereocenters. The molecule has 1 aliphatic heterocycles. The van der Waals surface area contributed by atoms with Crippen LogP contribution in [0.2, 0.25) is 0 Å². The van der Waals surface area contributed by atoms with Gasteiger partial charge in [-0.3, -0.25) is 0 Å². The zero-order chi connectivity index (χ0) is 19.6. The van der Waals surface area contributed by atoms with E-state index in [1.165, 1.54) is 0 Å². The predicted octanol–water partition coefficient (Wildman–Crippen LogP) is 4.09. The number of hydrogen-bond donors (Lipinski definition) is 0. The van der Waals surface area contributed by atoms with E-state index >= 15 is 0 Å². The third-order valence-corrected chi connectivity index (χ3v) is 9.40. The van der Waals surface area contributed by atoms with Crippen molar-refractivity contribution < 1.29 is 4.52 Å². The maximum Gasteiger partial charge on any atom is 0.227 e. The summed E-state index contributed by atoms with van der Waals surface area (Å²) >= 11 is 8.43. The minimum atomic E-state index is -2.53. The highest BCUT2D eigenvalue weighted by Gasteiger charge is 2.40. The number of rotatable bonds is 6. The monoisotopic (exact) mass is 513 g/mol. The standard InChI is InChI=1S/C18H21IN5OPS/c1-4-23(5-2)26(27)16-13(3)22-24(12-6-11-20)17(16)21-18(25-26)14-7-9-15(19)10-8-14/h7-10H,4-6,12H2,1-3H3. The highest BCUT2D eigenvalue weighted by atomic mass is 127. The van der Waals surface area contributed by atoms with Crippen LogP contribution in [0.1, 0.15) is 31.5 Å². The summed E-state index contributed by atoms with van der Waals surface area (Å²) in [5.41, 5.74) is 1.73. The summed E-state index contributed by atoms with van der Waals surface area (Å²) in [6, 6.07) is 10.2. The van der Waals surface area contributed by atoms with E-state index in [4.69, 9.17) is 26.6 Å². The van der Waals surface area contributed by atoms with Crippen LogP contribution in [0.15, 0.2) is 29.3 Å².